The molecule has 0 radical (unpaired) electrons. The van der Waals surface area contributed by atoms with E-state index >= 15 is 0 Å². The summed E-state index contributed by atoms with van der Waals surface area (Å²) in [6, 6.07) is 18.4. The van der Waals surface area contributed by atoms with E-state index in [0.717, 1.165) is 17.9 Å². The third-order valence-corrected chi connectivity index (χ3v) is 3.51. The van der Waals surface area contributed by atoms with Crippen molar-refractivity contribution in [1.82, 2.24) is 0 Å². The molecular formula is C19H18N2. The molecule has 21 heavy (non-hydrogen) atoms. The van der Waals surface area contributed by atoms with Crippen LogP contribution in [-0.2, 0) is 0 Å². The average Bonchev–Trinajstić information content (AvgIpc) is 2.55. The third-order valence-electron chi connectivity index (χ3n) is 3.51. The van der Waals surface area contributed by atoms with Crippen molar-refractivity contribution in [2.75, 3.05) is 11.4 Å². The van der Waals surface area contributed by atoms with E-state index in [1.807, 2.05) is 36.5 Å². The zero-order chi connectivity index (χ0) is 14.5. The quantitative estimate of drug-likeness (QED) is 0.732. The molecule has 0 fully saturated rings. The molecule has 0 saturated carbocycles. The Morgan fingerprint density at radius 2 is 1.71 bits per heavy atom. The van der Waals surface area contributed by atoms with Gasteiger partial charge in [-0.3, -0.25) is 4.99 Å². The van der Waals surface area contributed by atoms with Gasteiger partial charge in [-0.1, -0.05) is 42.5 Å². The molecule has 2 aromatic rings. The Morgan fingerprint density at radius 1 is 0.952 bits per heavy atom. The zero-order valence-electron chi connectivity index (χ0n) is 12.1. The van der Waals surface area contributed by atoms with E-state index in [9.17, 15) is 0 Å². The van der Waals surface area contributed by atoms with Gasteiger partial charge in [0.25, 0.3) is 0 Å². The van der Waals surface area contributed by atoms with Crippen LogP contribution >= 0.6 is 0 Å². The normalized spacial score (nSPS) is 15.7. The standard InChI is InChI=1S/C19H18N2/c1-2-21-18(13-12-16-8-6-7-11-19(16)21)14-15-20-17-9-4-3-5-10-17/h3-15H,2H2,1H3/b18-14-,20-15?. The highest BCUT2D eigenvalue weighted by molar-refractivity contribution is 5.82. The highest BCUT2D eigenvalue weighted by Crippen LogP contribution is 2.30. The van der Waals surface area contributed by atoms with E-state index in [2.05, 4.69) is 59.3 Å². The summed E-state index contributed by atoms with van der Waals surface area (Å²) in [6.07, 6.45) is 8.22. The van der Waals surface area contributed by atoms with Crippen molar-refractivity contribution in [1.29, 1.82) is 0 Å². The Bertz CT molecular complexity index is 697. The van der Waals surface area contributed by atoms with Gasteiger partial charge in [0, 0.05) is 24.1 Å². The molecule has 0 unspecified atom stereocenters. The Labute approximate surface area is 125 Å². The van der Waals surface area contributed by atoms with Crippen molar-refractivity contribution in [2.24, 2.45) is 4.99 Å². The van der Waals surface area contributed by atoms with Crippen LogP contribution in [0.3, 0.4) is 0 Å². The molecule has 0 saturated heterocycles. The largest absolute Gasteiger partial charge is 0.341 e. The monoisotopic (exact) mass is 274 g/mol. The Hall–Kier alpha value is -2.61. The number of para-hydroxylation sites is 2. The molecule has 1 aliphatic rings. The van der Waals surface area contributed by atoms with Crippen molar-refractivity contribution in [2.45, 2.75) is 6.92 Å². The van der Waals surface area contributed by atoms with Crippen molar-refractivity contribution in [3.05, 3.63) is 78.0 Å². The summed E-state index contributed by atoms with van der Waals surface area (Å²) in [5.41, 5.74) is 4.65. The van der Waals surface area contributed by atoms with Gasteiger partial charge in [-0.25, -0.2) is 0 Å². The molecule has 0 bridgehead atoms. The molecule has 2 aromatic carbocycles. The number of aliphatic imine (C=N–C) groups is 1. The molecule has 2 heteroatoms. The maximum Gasteiger partial charge on any atom is 0.0629 e. The van der Waals surface area contributed by atoms with E-state index in [-0.39, 0.29) is 0 Å². The van der Waals surface area contributed by atoms with Gasteiger partial charge >= 0.3 is 0 Å². The zero-order valence-corrected chi connectivity index (χ0v) is 12.1. The lowest BCUT2D eigenvalue weighted by molar-refractivity contribution is 0.973. The molecule has 104 valence electrons. The smallest absolute Gasteiger partial charge is 0.0629 e. The first-order valence-corrected chi connectivity index (χ1v) is 7.22. The van der Waals surface area contributed by atoms with Crippen molar-refractivity contribution < 1.29 is 0 Å². The lowest BCUT2D eigenvalue weighted by Gasteiger charge is -2.29. The number of anilines is 1. The molecule has 1 heterocycles. The molecule has 0 spiro atoms. The first-order valence-electron chi connectivity index (χ1n) is 7.22. The molecule has 0 aromatic heterocycles. The number of hydrogen-bond donors (Lipinski definition) is 0. The number of hydrogen-bond acceptors (Lipinski definition) is 2. The van der Waals surface area contributed by atoms with Gasteiger partial charge in [0.15, 0.2) is 0 Å². The van der Waals surface area contributed by atoms with Gasteiger partial charge in [-0.05, 0) is 42.8 Å². The predicted molar refractivity (Wildman–Crippen MR) is 91.2 cm³/mol. The fourth-order valence-corrected chi connectivity index (χ4v) is 2.49. The molecule has 0 N–H and O–H groups in total. The first kappa shape index (κ1) is 13.4. The summed E-state index contributed by atoms with van der Waals surface area (Å²) in [7, 11) is 0. The van der Waals surface area contributed by atoms with E-state index in [0.29, 0.717) is 0 Å². The topological polar surface area (TPSA) is 15.6 Å². The summed E-state index contributed by atoms with van der Waals surface area (Å²) >= 11 is 0. The van der Waals surface area contributed by atoms with Crippen LogP contribution in [0.5, 0.6) is 0 Å². The minimum atomic E-state index is 0.937. The van der Waals surface area contributed by atoms with Gasteiger partial charge in [-0.2, -0.15) is 0 Å². The molecular weight excluding hydrogens is 256 g/mol. The van der Waals surface area contributed by atoms with E-state index in [4.69, 9.17) is 0 Å². The SMILES string of the molecule is CCN1/C(=C\C=Nc2ccccc2)C=Cc2ccccc21. The second kappa shape index (κ2) is 6.23. The lowest BCUT2D eigenvalue weighted by Crippen LogP contribution is -2.23. The Morgan fingerprint density at radius 3 is 2.52 bits per heavy atom. The first-order chi connectivity index (χ1) is 10.4. The van der Waals surface area contributed by atoms with Gasteiger partial charge in [-0.15, -0.1) is 0 Å². The number of fused-ring (bicyclic) bond motifs is 1. The predicted octanol–water partition coefficient (Wildman–Crippen LogP) is 4.83. The molecule has 0 aliphatic carbocycles. The number of likely N-dealkylation sites (N-methyl/N-ethyl adjacent to an activating group) is 1. The van der Waals surface area contributed by atoms with Gasteiger partial charge < -0.3 is 4.90 Å². The fraction of sp³-hybridized carbons (Fsp3) is 0.105. The van der Waals surface area contributed by atoms with Crippen molar-refractivity contribution in [3.63, 3.8) is 0 Å². The van der Waals surface area contributed by atoms with Crippen LogP contribution in [-0.4, -0.2) is 12.8 Å². The molecule has 0 amide bonds. The van der Waals surface area contributed by atoms with Crippen LogP contribution in [0.15, 0.2) is 77.4 Å². The molecule has 0 atom stereocenters. The number of nitrogens with zero attached hydrogens (tertiary/aromatic N) is 2. The summed E-state index contributed by atoms with van der Waals surface area (Å²) in [5, 5.41) is 0. The summed E-state index contributed by atoms with van der Waals surface area (Å²) in [5.74, 6) is 0. The average molecular weight is 274 g/mol. The van der Waals surface area contributed by atoms with Crippen molar-refractivity contribution >= 4 is 23.7 Å². The maximum absolute atomic E-state index is 4.46. The van der Waals surface area contributed by atoms with E-state index < -0.39 is 0 Å². The number of rotatable bonds is 3. The summed E-state index contributed by atoms with van der Waals surface area (Å²) < 4.78 is 0. The van der Waals surface area contributed by atoms with Crippen molar-refractivity contribution in [3.8, 4) is 0 Å². The highest BCUT2D eigenvalue weighted by atomic mass is 15.1. The van der Waals surface area contributed by atoms with Crippen LogP contribution in [0.1, 0.15) is 12.5 Å². The number of benzene rings is 2. The highest BCUT2D eigenvalue weighted by Gasteiger charge is 2.14. The third kappa shape index (κ3) is 2.95. The van der Waals surface area contributed by atoms with Crippen LogP contribution < -0.4 is 4.90 Å². The molecule has 1 aliphatic heterocycles. The minimum absolute atomic E-state index is 0.937. The minimum Gasteiger partial charge on any atom is -0.341 e. The van der Waals surface area contributed by atoms with Crippen LogP contribution in [0.4, 0.5) is 11.4 Å². The molecule has 2 nitrogen and oxygen atoms in total. The Balaban J connectivity index is 1.86. The van der Waals surface area contributed by atoms with Gasteiger partial charge in [0.2, 0.25) is 0 Å². The Kier molecular flexibility index (Phi) is 3.97. The van der Waals surface area contributed by atoms with Crippen LogP contribution in [0, 0.1) is 0 Å². The summed E-state index contributed by atoms with van der Waals surface area (Å²) in [6.45, 7) is 3.10. The van der Waals surface area contributed by atoms with Crippen LogP contribution in [0.2, 0.25) is 0 Å². The fourth-order valence-electron chi connectivity index (χ4n) is 2.49. The van der Waals surface area contributed by atoms with E-state index in [1.54, 1.807) is 0 Å². The summed E-state index contributed by atoms with van der Waals surface area (Å²) in [4.78, 5) is 6.76. The molecule has 3 rings (SSSR count). The second-order valence-electron chi connectivity index (χ2n) is 4.84. The van der Waals surface area contributed by atoms with Gasteiger partial charge in [0.1, 0.15) is 0 Å². The maximum atomic E-state index is 4.46. The van der Waals surface area contributed by atoms with Crippen LogP contribution in [0.25, 0.3) is 6.08 Å². The second-order valence-corrected chi connectivity index (χ2v) is 4.84. The number of allylic oxidation sites excluding steroid dienone is 2. The lowest BCUT2D eigenvalue weighted by atomic mass is 10.1. The van der Waals surface area contributed by atoms with Gasteiger partial charge in [0.05, 0.1) is 5.69 Å². The van der Waals surface area contributed by atoms with E-state index in [1.165, 1.54) is 11.3 Å².